The topological polar surface area (TPSA) is 91.4 Å². The van der Waals surface area contributed by atoms with Gasteiger partial charge in [-0.2, -0.15) is 0 Å². The van der Waals surface area contributed by atoms with Crippen LogP contribution in [0.1, 0.15) is 63.2 Å². The van der Waals surface area contributed by atoms with E-state index in [0.29, 0.717) is 44.1 Å². The highest BCUT2D eigenvalue weighted by Gasteiger charge is 2.27. The minimum atomic E-state index is -0.511. The number of benzene rings is 1. The highest BCUT2D eigenvalue weighted by atomic mass is 32.1. The first-order valence-corrected chi connectivity index (χ1v) is 14.6. The van der Waals surface area contributed by atoms with Crippen LogP contribution < -0.4 is 10.2 Å². The van der Waals surface area contributed by atoms with Crippen LogP contribution in [0.4, 0.5) is 21.0 Å². The van der Waals surface area contributed by atoms with Crippen LogP contribution >= 0.6 is 11.3 Å². The van der Waals surface area contributed by atoms with Gasteiger partial charge in [0.25, 0.3) is 5.91 Å². The minimum Gasteiger partial charge on any atom is -0.444 e. The van der Waals surface area contributed by atoms with Gasteiger partial charge in [0.15, 0.2) is 0 Å². The van der Waals surface area contributed by atoms with Crippen molar-refractivity contribution in [3.8, 4) is 0 Å². The number of nitrogens with one attached hydrogen (secondary N) is 1. The molecule has 2 aliphatic heterocycles. The zero-order valence-corrected chi connectivity index (χ0v) is 25.1. The lowest BCUT2D eigenvalue weighted by atomic mass is 9.99. The quantitative estimate of drug-likeness (QED) is 0.481. The van der Waals surface area contributed by atoms with Crippen LogP contribution in [0.2, 0.25) is 0 Å². The first kappa shape index (κ1) is 29.5. The van der Waals surface area contributed by atoms with Crippen LogP contribution in [0.15, 0.2) is 41.8 Å². The van der Waals surface area contributed by atoms with Gasteiger partial charge in [-0.3, -0.25) is 4.79 Å². The Hall–Kier alpha value is -3.53. The summed E-state index contributed by atoms with van der Waals surface area (Å²) < 4.78 is 10.9. The van der Waals surface area contributed by atoms with Gasteiger partial charge in [0.1, 0.15) is 11.2 Å². The molecule has 3 heterocycles. The van der Waals surface area contributed by atoms with Gasteiger partial charge < -0.3 is 29.5 Å². The molecule has 4 rings (SSSR count). The van der Waals surface area contributed by atoms with Crippen molar-refractivity contribution in [1.29, 1.82) is 0 Å². The molecule has 0 aliphatic carbocycles. The predicted molar refractivity (Wildman–Crippen MR) is 159 cm³/mol. The van der Waals surface area contributed by atoms with Crippen molar-refractivity contribution in [3.05, 3.63) is 52.2 Å². The van der Waals surface area contributed by atoms with Crippen molar-refractivity contribution in [1.82, 2.24) is 9.80 Å². The molecule has 3 amide bonds. The standard InChI is InChI=1S/C30H40N4O5S/c1-29(2,3)38-27(36)33-13-11-22(12-14-33)21-7-9-23(10-8-21)31-26(35)25-19-24(20-40-25)32-15-17-34(18-16-32)28(37)39-30(4,5)6/h7-11,19-20H,12-18H2,1-6H3,(H,31,35). The Balaban J connectivity index is 1.28. The number of amides is 3. The Morgan fingerprint density at radius 1 is 0.825 bits per heavy atom. The van der Waals surface area contributed by atoms with Crippen LogP contribution in [0, 0.1) is 0 Å². The molecule has 216 valence electrons. The lowest BCUT2D eigenvalue weighted by Crippen LogP contribution is -2.50. The van der Waals surface area contributed by atoms with E-state index in [9.17, 15) is 14.4 Å². The number of thiophene rings is 1. The summed E-state index contributed by atoms with van der Waals surface area (Å²) in [5.74, 6) is -0.152. The number of anilines is 2. The molecule has 1 fully saturated rings. The fourth-order valence-corrected chi connectivity index (χ4v) is 5.28. The molecule has 0 atom stereocenters. The highest BCUT2D eigenvalue weighted by molar-refractivity contribution is 7.12. The van der Waals surface area contributed by atoms with Crippen molar-refractivity contribution in [2.75, 3.05) is 49.5 Å². The zero-order chi connectivity index (χ0) is 29.1. The Morgan fingerprint density at radius 3 is 1.98 bits per heavy atom. The summed E-state index contributed by atoms with van der Waals surface area (Å²) in [5, 5.41) is 4.97. The van der Waals surface area contributed by atoms with E-state index in [1.807, 2.05) is 77.3 Å². The molecular weight excluding hydrogens is 528 g/mol. The minimum absolute atomic E-state index is 0.152. The summed E-state index contributed by atoms with van der Waals surface area (Å²) in [6.45, 7) is 14.8. The molecule has 1 N–H and O–H groups in total. The maximum Gasteiger partial charge on any atom is 0.410 e. The number of hydrogen-bond donors (Lipinski definition) is 1. The Morgan fingerprint density at radius 2 is 1.43 bits per heavy atom. The molecule has 40 heavy (non-hydrogen) atoms. The van der Waals surface area contributed by atoms with Gasteiger partial charge in [0.2, 0.25) is 0 Å². The first-order chi connectivity index (χ1) is 18.8. The Labute approximate surface area is 240 Å². The largest absolute Gasteiger partial charge is 0.444 e. The number of ether oxygens (including phenoxy) is 2. The average molecular weight is 569 g/mol. The molecule has 0 unspecified atom stereocenters. The first-order valence-electron chi connectivity index (χ1n) is 13.7. The van der Waals surface area contributed by atoms with E-state index in [0.717, 1.165) is 23.4 Å². The Bertz CT molecular complexity index is 1250. The van der Waals surface area contributed by atoms with Crippen molar-refractivity contribution in [2.24, 2.45) is 0 Å². The molecule has 0 radical (unpaired) electrons. The van der Waals surface area contributed by atoms with Crippen molar-refractivity contribution in [3.63, 3.8) is 0 Å². The summed E-state index contributed by atoms with van der Waals surface area (Å²) in [6.07, 6.45) is 2.22. The van der Waals surface area contributed by atoms with Crippen LogP contribution in [-0.4, -0.2) is 78.4 Å². The summed E-state index contributed by atoms with van der Waals surface area (Å²) >= 11 is 1.41. The molecule has 0 bridgehead atoms. The van der Waals surface area contributed by atoms with E-state index in [4.69, 9.17) is 9.47 Å². The lowest BCUT2D eigenvalue weighted by molar-refractivity contribution is 0.0237. The third-order valence-corrected chi connectivity index (χ3v) is 7.40. The third-order valence-electron chi connectivity index (χ3n) is 6.48. The average Bonchev–Trinajstić information content (AvgIpc) is 3.38. The zero-order valence-electron chi connectivity index (χ0n) is 24.3. The summed E-state index contributed by atoms with van der Waals surface area (Å²) in [5.41, 5.74) is 2.94. The number of piperazine rings is 1. The number of rotatable bonds is 4. The molecule has 0 saturated carbocycles. The molecule has 0 spiro atoms. The molecule has 1 saturated heterocycles. The Kier molecular flexibility index (Phi) is 8.77. The number of nitrogens with zero attached hydrogens (tertiary/aromatic N) is 3. The highest BCUT2D eigenvalue weighted by Crippen LogP contribution is 2.27. The molecule has 1 aromatic carbocycles. The molecule has 2 aliphatic rings. The van der Waals surface area contributed by atoms with Crippen LogP contribution in [0.25, 0.3) is 5.57 Å². The van der Waals surface area contributed by atoms with Gasteiger partial charge in [0, 0.05) is 56.0 Å². The van der Waals surface area contributed by atoms with E-state index in [1.165, 1.54) is 16.9 Å². The van der Waals surface area contributed by atoms with Gasteiger partial charge in [-0.25, -0.2) is 9.59 Å². The van der Waals surface area contributed by atoms with E-state index in [2.05, 4.69) is 16.3 Å². The molecule has 2 aromatic rings. The van der Waals surface area contributed by atoms with Gasteiger partial charge >= 0.3 is 12.2 Å². The van der Waals surface area contributed by atoms with Gasteiger partial charge in [-0.15, -0.1) is 11.3 Å². The second-order valence-electron chi connectivity index (χ2n) is 12.1. The predicted octanol–water partition coefficient (Wildman–Crippen LogP) is 6.08. The number of carbonyl (C=O) groups is 3. The van der Waals surface area contributed by atoms with Gasteiger partial charge in [-0.05, 0) is 77.3 Å². The van der Waals surface area contributed by atoms with E-state index in [-0.39, 0.29) is 18.1 Å². The summed E-state index contributed by atoms with van der Waals surface area (Å²) in [6, 6.07) is 9.70. The lowest BCUT2D eigenvalue weighted by Gasteiger charge is -2.36. The number of hydrogen-bond acceptors (Lipinski definition) is 7. The maximum atomic E-state index is 12.9. The molecular formula is C30H40N4O5S. The van der Waals surface area contributed by atoms with Gasteiger partial charge in [-0.1, -0.05) is 18.2 Å². The van der Waals surface area contributed by atoms with Crippen molar-refractivity contribution >= 4 is 46.4 Å². The normalized spacial score (nSPS) is 16.4. The SMILES string of the molecule is CC(C)(C)OC(=O)N1CC=C(c2ccc(NC(=O)c3cc(N4CCN(C(=O)OC(C)(C)C)CC4)cs3)cc2)CC1. The fraction of sp³-hybridized carbons (Fsp3) is 0.500. The maximum absolute atomic E-state index is 12.9. The molecule has 9 nitrogen and oxygen atoms in total. The molecule has 1 aromatic heterocycles. The van der Waals surface area contributed by atoms with Gasteiger partial charge in [0.05, 0.1) is 4.88 Å². The summed E-state index contributed by atoms with van der Waals surface area (Å²) in [4.78, 5) is 43.8. The fourth-order valence-electron chi connectivity index (χ4n) is 4.47. The summed E-state index contributed by atoms with van der Waals surface area (Å²) in [7, 11) is 0. The van der Waals surface area contributed by atoms with E-state index in [1.54, 1.807) is 9.80 Å². The van der Waals surface area contributed by atoms with Crippen molar-refractivity contribution < 1.29 is 23.9 Å². The second kappa shape index (κ2) is 11.9. The van der Waals surface area contributed by atoms with Crippen molar-refractivity contribution in [2.45, 2.75) is 59.2 Å². The van der Waals surface area contributed by atoms with Crippen LogP contribution in [0.3, 0.4) is 0 Å². The smallest absolute Gasteiger partial charge is 0.410 e. The van der Waals surface area contributed by atoms with Crippen LogP contribution in [0.5, 0.6) is 0 Å². The molecule has 10 heteroatoms. The monoisotopic (exact) mass is 568 g/mol. The van der Waals surface area contributed by atoms with Crippen LogP contribution in [-0.2, 0) is 9.47 Å². The second-order valence-corrected chi connectivity index (χ2v) is 13.0. The van der Waals surface area contributed by atoms with E-state index < -0.39 is 11.2 Å². The van der Waals surface area contributed by atoms with E-state index >= 15 is 0 Å². The third kappa shape index (κ3) is 8.00. The number of carbonyl (C=O) groups excluding carboxylic acids is 3.